The fourth-order valence-corrected chi connectivity index (χ4v) is 8.48. The fraction of sp³-hybridized carbons (Fsp3) is 0.481. The van der Waals surface area contributed by atoms with Gasteiger partial charge in [-0.15, -0.1) is 0 Å². The smallest absolute Gasteiger partial charge is 0.326 e. The Balaban J connectivity index is 1.96. The molecule has 0 aliphatic carbocycles. The van der Waals surface area contributed by atoms with E-state index >= 15 is 0 Å². The summed E-state index contributed by atoms with van der Waals surface area (Å²) in [4.78, 5) is 179. The van der Waals surface area contributed by atoms with Crippen LogP contribution in [0.25, 0.3) is 0 Å². The fourth-order valence-electron chi connectivity index (χ4n) is 8.23. The minimum absolute atomic E-state index is 0.0369. The van der Waals surface area contributed by atoms with E-state index in [9.17, 15) is 87.9 Å². The number of H-pyrrole nitrogens is 1. The van der Waals surface area contributed by atoms with Gasteiger partial charge in [0.05, 0.1) is 24.9 Å². The van der Waals surface area contributed by atoms with E-state index in [2.05, 4.69) is 70.4 Å². The van der Waals surface area contributed by atoms with Gasteiger partial charge in [-0.3, -0.25) is 57.5 Å². The van der Waals surface area contributed by atoms with Crippen LogP contribution in [0, 0.1) is 5.92 Å². The van der Waals surface area contributed by atoms with E-state index in [1.54, 1.807) is 13.8 Å². The number of carbonyl (C=O) groups excluding carboxylic acids is 11. The number of carboxylic acids is 2. The van der Waals surface area contributed by atoms with Gasteiger partial charge in [-0.05, 0) is 74.4 Å². The summed E-state index contributed by atoms with van der Waals surface area (Å²) >= 11 is 4.17. The number of aliphatic hydroxyl groups is 1. The normalized spacial score (nSPS) is 14.9. The predicted octanol–water partition coefficient (Wildman–Crippen LogP) is -4.99. The number of carbonyl (C=O) groups is 13. The van der Waals surface area contributed by atoms with Crippen molar-refractivity contribution in [2.75, 3.05) is 5.75 Å². The number of nitrogens with zero attached hydrogens (tertiary/aromatic N) is 1. The van der Waals surface area contributed by atoms with Crippen LogP contribution in [-0.4, -0.2) is 185 Å². The third kappa shape index (κ3) is 25.4. The summed E-state index contributed by atoms with van der Waals surface area (Å²) in [5, 5.41) is 71.3. The molecule has 3 rings (SSSR count). The maximum atomic E-state index is 14.5. The molecule has 0 unspecified atom stereocenters. The first-order valence-electron chi connectivity index (χ1n) is 27.2. The van der Waals surface area contributed by atoms with Crippen molar-refractivity contribution in [3.8, 4) is 11.5 Å². The number of nitrogens with two attached hydrogens (primary N) is 3. The lowest BCUT2D eigenvalue weighted by Gasteiger charge is -2.29. The molecule has 3 aromatic rings. The number of primary amides is 2. The van der Waals surface area contributed by atoms with Crippen LogP contribution in [0.15, 0.2) is 61.1 Å². The lowest BCUT2D eigenvalue weighted by atomic mass is 10.0. The number of imidazole rings is 1. The number of aromatic amines is 1. The predicted molar refractivity (Wildman–Crippen MR) is 309 cm³/mol. The molecule has 0 radical (unpaired) electrons. The zero-order valence-corrected chi connectivity index (χ0v) is 48.8. The molecule has 0 fully saturated rings. The first kappa shape index (κ1) is 71.9. The third-order valence-corrected chi connectivity index (χ3v) is 13.2. The van der Waals surface area contributed by atoms with E-state index < -0.39 is 194 Å². The van der Waals surface area contributed by atoms with E-state index in [4.69, 9.17) is 17.2 Å². The number of hydrogen-bond donors (Lipinski definition) is 19. The number of nitrogens with one attached hydrogen (secondary N) is 10. The van der Waals surface area contributed by atoms with Crippen LogP contribution in [0.2, 0.25) is 0 Å². The van der Waals surface area contributed by atoms with Gasteiger partial charge >= 0.3 is 11.9 Å². The number of hydrogen-bond acceptors (Lipinski definition) is 19. The van der Waals surface area contributed by atoms with Gasteiger partial charge in [0.1, 0.15) is 65.9 Å². The number of carboxylic acid groups (broad SMARTS) is 2. The van der Waals surface area contributed by atoms with Crippen molar-refractivity contribution in [3.63, 3.8) is 0 Å². The van der Waals surface area contributed by atoms with Gasteiger partial charge in [0.25, 0.3) is 0 Å². The van der Waals surface area contributed by atoms with Gasteiger partial charge in [-0.2, -0.15) is 12.6 Å². The monoisotopic (exact) mass is 1240 g/mol. The average molecular weight is 1240 g/mol. The lowest BCUT2D eigenvalue weighted by molar-refractivity contribution is -0.143. The van der Waals surface area contributed by atoms with Crippen molar-refractivity contribution in [2.45, 2.75) is 152 Å². The van der Waals surface area contributed by atoms with Crippen molar-refractivity contribution in [3.05, 3.63) is 77.9 Å². The quantitative estimate of drug-likeness (QED) is 0.0240. The van der Waals surface area contributed by atoms with Crippen LogP contribution in [0.5, 0.6) is 11.5 Å². The number of rotatable bonds is 37. The molecule has 0 saturated carbocycles. The molecule has 0 saturated heterocycles. The molecular weight excluding hydrogens is 1160 g/mol. The first-order valence-corrected chi connectivity index (χ1v) is 27.8. The number of phenols is 2. The number of aliphatic carboxylic acids is 2. The van der Waals surface area contributed by atoms with Crippen LogP contribution in [0.1, 0.15) is 83.0 Å². The Morgan fingerprint density at radius 2 is 0.920 bits per heavy atom. The summed E-state index contributed by atoms with van der Waals surface area (Å²) in [6.45, 7) is 5.80. The molecule has 1 heterocycles. The Labute approximate surface area is 503 Å². The molecule has 32 nitrogen and oxygen atoms in total. The second-order valence-electron chi connectivity index (χ2n) is 20.8. The van der Waals surface area contributed by atoms with Crippen molar-refractivity contribution in [1.82, 2.24) is 57.8 Å². The summed E-state index contributed by atoms with van der Waals surface area (Å²) in [5.41, 5.74) is 17.4. The molecule has 2 aromatic carbocycles. The van der Waals surface area contributed by atoms with Crippen LogP contribution in [0.4, 0.5) is 0 Å². The largest absolute Gasteiger partial charge is 0.508 e. The number of aromatic nitrogens is 2. The maximum absolute atomic E-state index is 14.5. The number of amides is 11. The Morgan fingerprint density at radius 1 is 0.517 bits per heavy atom. The Bertz CT molecular complexity index is 2890. The summed E-state index contributed by atoms with van der Waals surface area (Å²) in [5.74, 6) is -15.7. The highest BCUT2D eigenvalue weighted by molar-refractivity contribution is 7.80. The second-order valence-corrected chi connectivity index (χ2v) is 21.2. The van der Waals surface area contributed by atoms with Gasteiger partial charge in [-0.1, -0.05) is 38.1 Å². The molecule has 0 spiro atoms. The maximum Gasteiger partial charge on any atom is 0.326 e. The third-order valence-electron chi connectivity index (χ3n) is 12.9. The number of benzene rings is 2. The average Bonchev–Trinajstić information content (AvgIpc) is 3.74. The summed E-state index contributed by atoms with van der Waals surface area (Å²) in [6.07, 6.45) is -3.63. The lowest BCUT2D eigenvalue weighted by Crippen LogP contribution is -2.62. The van der Waals surface area contributed by atoms with Gasteiger partial charge in [0.2, 0.25) is 65.0 Å². The molecular formula is C54H76N14O18S. The van der Waals surface area contributed by atoms with Crippen LogP contribution < -0.4 is 65.1 Å². The highest BCUT2D eigenvalue weighted by Gasteiger charge is 2.37. The van der Waals surface area contributed by atoms with E-state index in [-0.39, 0.29) is 41.5 Å². The van der Waals surface area contributed by atoms with Crippen LogP contribution in [-0.2, 0) is 81.6 Å². The highest BCUT2D eigenvalue weighted by Crippen LogP contribution is 2.15. The van der Waals surface area contributed by atoms with Gasteiger partial charge in [0, 0.05) is 49.7 Å². The Kier molecular flexibility index (Phi) is 29.1. The van der Waals surface area contributed by atoms with Gasteiger partial charge in [-0.25, -0.2) is 9.78 Å². The Hall–Kier alpha value is -9.37. The Morgan fingerprint density at radius 3 is 1.34 bits per heavy atom. The number of phenolic OH excluding ortho intramolecular Hbond substituents is 2. The van der Waals surface area contributed by atoms with Crippen molar-refractivity contribution in [2.24, 2.45) is 23.1 Å². The van der Waals surface area contributed by atoms with Gasteiger partial charge < -0.3 is 95.6 Å². The number of thiol groups is 1. The molecule has 33 heteroatoms. The topological polar surface area (TPSA) is 538 Å². The zero-order valence-electron chi connectivity index (χ0n) is 47.9. The van der Waals surface area contributed by atoms with Crippen molar-refractivity contribution in [1.29, 1.82) is 0 Å². The van der Waals surface area contributed by atoms with E-state index in [0.717, 1.165) is 6.92 Å². The molecule has 11 atom stereocenters. The van der Waals surface area contributed by atoms with Crippen molar-refractivity contribution >= 4 is 89.5 Å². The minimum atomic E-state index is -1.99. The molecule has 21 N–H and O–H groups in total. The molecule has 0 aliphatic heterocycles. The summed E-state index contributed by atoms with van der Waals surface area (Å²) in [7, 11) is 0. The first-order chi connectivity index (χ1) is 40.9. The molecule has 11 amide bonds. The SMILES string of the molecule is CC(C)C[C@H](NC(=O)[C@H](CCC(N)=O)NC(=O)[C@H](CC(N)=O)NC(=O)[C@H](Cc1ccc(O)cc1)NC(=O)[C@H](Cc1cnc[nH]1)NC(=O)[C@@H](NC(=O)[C@H](CCC(=O)O)NC(=O)[C@H](CS)NC(=O)[C@H](Cc1ccc(O)cc1)NC(=O)[C@H](C)N)[C@@H](C)O)C(=O)O. The van der Waals surface area contributed by atoms with E-state index in [0.29, 0.717) is 5.56 Å². The van der Waals surface area contributed by atoms with E-state index in [1.807, 2.05) is 0 Å². The molecule has 1 aromatic heterocycles. The highest BCUT2D eigenvalue weighted by atomic mass is 32.1. The second kappa shape index (κ2) is 35.2. The summed E-state index contributed by atoms with van der Waals surface area (Å²) in [6, 6.07) is -5.41. The number of aliphatic hydroxyl groups excluding tert-OH is 1. The molecule has 0 aliphatic rings. The zero-order chi connectivity index (χ0) is 65.2. The van der Waals surface area contributed by atoms with Crippen LogP contribution in [0.3, 0.4) is 0 Å². The van der Waals surface area contributed by atoms with Crippen LogP contribution >= 0.6 is 12.6 Å². The van der Waals surface area contributed by atoms with E-state index in [1.165, 1.54) is 68.0 Å². The molecule has 87 heavy (non-hydrogen) atoms. The molecule has 0 bridgehead atoms. The van der Waals surface area contributed by atoms with Crippen molar-refractivity contribution < 1.29 is 87.9 Å². The number of aromatic hydroxyl groups is 2. The molecule has 476 valence electrons. The van der Waals surface area contributed by atoms with Gasteiger partial charge in [0.15, 0.2) is 0 Å². The minimum Gasteiger partial charge on any atom is -0.508 e. The summed E-state index contributed by atoms with van der Waals surface area (Å²) < 4.78 is 0. The standard InChI is InChI=1S/C54H76N14O18S/c1-25(2)17-39(54(85)86)66-46(77)33(13-15-41(56)72)60-51(82)38(21-42(57)73)64-48(79)36(19-29-7-11-32(71)12-8-29)63-50(81)37(20-30-22-58-24-59-30)65-53(84)44(27(4)69)68-47(78)34(14-16-43(74)75)61-52(83)40(23-87)67-49(80)35(62-45(76)26(3)55)18-28-5-9-31(70)10-6-28/h5-12,22,24-27,33-40,44,69-71,87H,13-21,23,55H2,1-4H3,(H2,56,72)(H2,57,73)(H,58,59)(H,60,82)(H,61,83)(H,62,76)(H,63,81)(H,64,79)(H,65,84)(H,66,77)(H,67,80)(H,68,78)(H,74,75)(H,85,86)/t26-,27+,33-,34-,35-,36-,37-,38-,39-,40-,44-/m0/s1.